The molecule has 0 unspecified atom stereocenters. The minimum absolute atomic E-state index is 0.000891. The molecule has 0 radical (unpaired) electrons. The van der Waals surface area contributed by atoms with Crippen molar-refractivity contribution in [3.8, 4) is 23.3 Å². The predicted molar refractivity (Wildman–Crippen MR) is 129 cm³/mol. The van der Waals surface area contributed by atoms with Crippen LogP contribution >= 0.6 is 11.3 Å². The molecule has 1 atom stereocenters. The third-order valence-electron chi connectivity index (χ3n) is 6.76. The number of nitrogens with one attached hydrogen (secondary N) is 1. The van der Waals surface area contributed by atoms with E-state index in [2.05, 4.69) is 25.2 Å². The number of likely N-dealkylation sites (tertiary alicyclic amines) is 1. The Labute approximate surface area is 212 Å². The first-order chi connectivity index (χ1) is 17.9. The second-order valence-electron chi connectivity index (χ2n) is 8.79. The largest absolute Gasteiger partial charge is 0.465 e. The second-order valence-corrected chi connectivity index (χ2v) is 9.82. The number of carbonyl (C=O) groups is 1. The first-order valence-electron chi connectivity index (χ1n) is 11.3. The molecule has 0 aliphatic carbocycles. The number of fused-ring (bicyclic) bond motifs is 4. The molecule has 0 saturated carbocycles. The van der Waals surface area contributed by atoms with Crippen LogP contribution in [0.1, 0.15) is 23.1 Å². The molecule has 2 N–H and O–H groups in total. The highest BCUT2D eigenvalue weighted by Gasteiger charge is 2.31. The van der Waals surface area contributed by atoms with Gasteiger partial charge in [-0.1, -0.05) is 0 Å². The summed E-state index contributed by atoms with van der Waals surface area (Å²) in [4.78, 5) is 26.1. The average molecular weight is 525 g/mol. The summed E-state index contributed by atoms with van der Waals surface area (Å²) in [6, 6.07) is 2.17. The van der Waals surface area contributed by atoms with Gasteiger partial charge in [0, 0.05) is 28.6 Å². The van der Waals surface area contributed by atoms with Crippen LogP contribution in [-0.4, -0.2) is 57.3 Å². The van der Waals surface area contributed by atoms with Crippen LogP contribution in [0.15, 0.2) is 12.4 Å². The van der Waals surface area contributed by atoms with Crippen molar-refractivity contribution in [2.24, 2.45) is 0 Å². The molecular formula is C24H18F2N6O4S. The van der Waals surface area contributed by atoms with Crippen molar-refractivity contribution in [1.82, 2.24) is 19.9 Å². The lowest BCUT2D eigenvalue weighted by atomic mass is 9.94. The van der Waals surface area contributed by atoms with E-state index in [1.54, 1.807) is 0 Å². The number of amides is 1. The van der Waals surface area contributed by atoms with E-state index in [9.17, 15) is 14.4 Å². The third kappa shape index (κ3) is 3.72. The summed E-state index contributed by atoms with van der Waals surface area (Å²) in [7, 11) is 1.99. The summed E-state index contributed by atoms with van der Waals surface area (Å²) in [5.41, 5.74) is 1.01. The number of anilines is 1. The van der Waals surface area contributed by atoms with E-state index in [0.717, 1.165) is 30.5 Å². The molecule has 3 aromatic heterocycles. The summed E-state index contributed by atoms with van der Waals surface area (Å²) >= 11 is 0.742. The highest BCUT2D eigenvalue weighted by Crippen LogP contribution is 2.45. The molecule has 2 aliphatic rings. The zero-order valence-electron chi connectivity index (χ0n) is 19.3. The van der Waals surface area contributed by atoms with Gasteiger partial charge in [-0.2, -0.15) is 10.2 Å². The molecule has 0 bridgehead atoms. The highest BCUT2D eigenvalue weighted by molar-refractivity contribution is 7.23. The van der Waals surface area contributed by atoms with Crippen LogP contribution in [0.5, 0.6) is 6.01 Å². The third-order valence-corrected chi connectivity index (χ3v) is 7.87. The van der Waals surface area contributed by atoms with Crippen molar-refractivity contribution in [3.05, 3.63) is 40.7 Å². The molecule has 1 saturated heterocycles. The number of pyridine rings is 1. The average Bonchev–Trinajstić information content (AvgIpc) is 3.49. The van der Waals surface area contributed by atoms with Gasteiger partial charge in [0.2, 0.25) is 0 Å². The minimum atomic E-state index is -1.42. The van der Waals surface area contributed by atoms with Gasteiger partial charge in [0.1, 0.15) is 23.2 Å². The normalized spacial score (nSPS) is 17.0. The summed E-state index contributed by atoms with van der Waals surface area (Å²) in [5.74, 6) is -1.50. The van der Waals surface area contributed by atoms with E-state index in [4.69, 9.17) is 14.6 Å². The van der Waals surface area contributed by atoms with Crippen LogP contribution in [0, 0.1) is 23.0 Å². The van der Waals surface area contributed by atoms with E-state index in [0.29, 0.717) is 23.1 Å². The Balaban J connectivity index is 1.56. The maximum atomic E-state index is 16.3. The van der Waals surface area contributed by atoms with E-state index in [1.807, 2.05) is 13.1 Å². The number of nitrogens with zero attached hydrogens (tertiary/aromatic N) is 5. The number of likely N-dealkylation sites (N-methyl/N-ethyl adjacent to an activating group) is 1. The zero-order chi connectivity index (χ0) is 25.8. The number of nitriles is 1. The lowest BCUT2D eigenvalue weighted by Crippen LogP contribution is -2.48. The van der Waals surface area contributed by atoms with Gasteiger partial charge in [-0.3, -0.25) is 15.2 Å². The molecule has 4 aromatic rings. The molecule has 0 spiro atoms. The lowest BCUT2D eigenvalue weighted by molar-refractivity contribution is 0.0732. The smallest absolute Gasteiger partial charge is 0.409 e. The van der Waals surface area contributed by atoms with Crippen molar-refractivity contribution in [1.29, 1.82) is 5.26 Å². The number of hydrogen-bond acceptors (Lipinski definition) is 9. The Bertz CT molecular complexity index is 1650. The number of benzene rings is 1. The molecule has 188 valence electrons. The van der Waals surface area contributed by atoms with Crippen LogP contribution in [0.4, 0.5) is 18.6 Å². The summed E-state index contributed by atoms with van der Waals surface area (Å²) < 4.78 is 42.4. The van der Waals surface area contributed by atoms with E-state index < -0.39 is 17.7 Å². The van der Waals surface area contributed by atoms with Crippen LogP contribution < -0.4 is 10.1 Å². The Hall–Kier alpha value is -3.99. The molecule has 1 aromatic carbocycles. The maximum Gasteiger partial charge on any atom is 0.409 e. The number of aromatic nitrogens is 3. The summed E-state index contributed by atoms with van der Waals surface area (Å²) in [6.45, 7) is 1.59. The van der Waals surface area contributed by atoms with Gasteiger partial charge in [-0.25, -0.2) is 18.6 Å². The number of ether oxygens (including phenoxy) is 2. The van der Waals surface area contributed by atoms with Crippen molar-refractivity contribution in [2.75, 3.05) is 25.5 Å². The first kappa shape index (κ1) is 23.4. The quantitative estimate of drug-likeness (QED) is 0.393. The van der Waals surface area contributed by atoms with Gasteiger partial charge >= 0.3 is 12.1 Å². The van der Waals surface area contributed by atoms with Crippen LogP contribution in [-0.2, 0) is 18.0 Å². The molecular weight excluding hydrogens is 506 g/mol. The standard InChI is InChI=1S/C24H18F2N6O4S/c1-32-3-2-10(32)7-36-23-29-5-12-13-8-35-9-14(13)16(18(26)19(12)30-23)20-17-11(4-27)22(31-24(33)34)37-21(17)15(25)6-28-20/h5-6,10,31H,2-3,7-9H2,1H3,(H,33,34)/t10-/m1/s1. The maximum absolute atomic E-state index is 16.3. The molecule has 5 heterocycles. The van der Waals surface area contributed by atoms with Crippen molar-refractivity contribution in [3.63, 3.8) is 0 Å². The van der Waals surface area contributed by atoms with E-state index in [1.165, 1.54) is 6.20 Å². The van der Waals surface area contributed by atoms with Crippen molar-refractivity contribution >= 4 is 43.4 Å². The molecule has 2 aliphatic heterocycles. The number of carboxylic acid groups (broad SMARTS) is 1. The number of hydrogen-bond donors (Lipinski definition) is 2. The molecule has 13 heteroatoms. The Morgan fingerprint density at radius 2 is 2.16 bits per heavy atom. The van der Waals surface area contributed by atoms with Gasteiger partial charge < -0.3 is 14.6 Å². The van der Waals surface area contributed by atoms with Crippen molar-refractivity contribution < 1.29 is 28.2 Å². The topological polar surface area (TPSA) is 133 Å². The first-order valence-corrected chi connectivity index (χ1v) is 12.1. The van der Waals surface area contributed by atoms with Gasteiger partial charge in [0.15, 0.2) is 11.6 Å². The highest BCUT2D eigenvalue weighted by atomic mass is 32.1. The minimum Gasteiger partial charge on any atom is -0.465 e. The molecule has 10 nitrogen and oxygen atoms in total. The van der Waals surface area contributed by atoms with Crippen LogP contribution in [0.2, 0.25) is 0 Å². The number of thiophene rings is 1. The van der Waals surface area contributed by atoms with Gasteiger partial charge in [-0.05, 0) is 31.1 Å². The van der Waals surface area contributed by atoms with Gasteiger partial charge in [0.05, 0.1) is 35.4 Å². The Kier molecular flexibility index (Phi) is 5.59. The zero-order valence-corrected chi connectivity index (χ0v) is 20.2. The molecule has 6 rings (SSSR count). The summed E-state index contributed by atoms with van der Waals surface area (Å²) in [6.07, 6.45) is 1.99. The van der Waals surface area contributed by atoms with Gasteiger partial charge in [-0.15, -0.1) is 11.3 Å². The fraction of sp³-hybridized carbons (Fsp3) is 0.292. The fourth-order valence-electron chi connectivity index (χ4n) is 4.72. The summed E-state index contributed by atoms with van der Waals surface area (Å²) in [5, 5.41) is 21.5. The molecule has 1 amide bonds. The number of rotatable bonds is 5. The van der Waals surface area contributed by atoms with Crippen molar-refractivity contribution in [2.45, 2.75) is 25.7 Å². The van der Waals surface area contributed by atoms with Gasteiger partial charge in [0.25, 0.3) is 0 Å². The Morgan fingerprint density at radius 3 is 2.86 bits per heavy atom. The van der Waals surface area contributed by atoms with E-state index in [-0.39, 0.29) is 62.7 Å². The van der Waals surface area contributed by atoms with Crippen LogP contribution in [0.3, 0.4) is 0 Å². The predicted octanol–water partition coefficient (Wildman–Crippen LogP) is 4.26. The lowest BCUT2D eigenvalue weighted by Gasteiger charge is -2.37. The van der Waals surface area contributed by atoms with E-state index >= 15 is 4.39 Å². The fourth-order valence-corrected chi connectivity index (χ4v) is 5.76. The SMILES string of the molecule is CN1CC[C@@H]1COc1ncc2c3c(c(-c4ncc(F)c5sc(NC(=O)O)c(C#N)c45)c(F)c2n1)COC3. The monoisotopic (exact) mass is 524 g/mol. The number of halogens is 2. The Morgan fingerprint density at radius 1 is 1.35 bits per heavy atom. The molecule has 37 heavy (non-hydrogen) atoms. The van der Waals surface area contributed by atoms with Crippen LogP contribution in [0.25, 0.3) is 32.2 Å². The molecule has 1 fully saturated rings. The second kappa shape index (κ2) is 8.84.